The van der Waals surface area contributed by atoms with Gasteiger partial charge in [-0.2, -0.15) is 4.98 Å². The van der Waals surface area contributed by atoms with Crippen molar-refractivity contribution in [3.8, 4) is 5.69 Å². The summed E-state index contributed by atoms with van der Waals surface area (Å²) in [7, 11) is 3.87. The average molecular weight is 337 g/mol. The Balaban J connectivity index is 1.73. The summed E-state index contributed by atoms with van der Waals surface area (Å²) < 4.78 is 1.68. The fraction of sp³-hybridized carbons (Fsp3) is 0.176. The van der Waals surface area contributed by atoms with Gasteiger partial charge in [0.25, 0.3) is 0 Å². The molecule has 1 aromatic carbocycles. The van der Waals surface area contributed by atoms with Gasteiger partial charge in [-0.25, -0.2) is 9.67 Å². The number of nitrogens with one attached hydrogen (secondary N) is 2. The molecule has 8 heteroatoms. The van der Waals surface area contributed by atoms with E-state index in [0.717, 1.165) is 22.9 Å². The van der Waals surface area contributed by atoms with Gasteiger partial charge in [-0.15, -0.1) is 5.10 Å². The first-order valence-electron chi connectivity index (χ1n) is 7.71. The second-order valence-electron chi connectivity index (χ2n) is 5.66. The maximum Gasteiger partial charge on any atom is 0.246 e. The van der Waals surface area contributed by atoms with E-state index in [1.165, 1.54) is 6.92 Å². The smallest absolute Gasteiger partial charge is 0.246 e. The molecule has 0 spiro atoms. The van der Waals surface area contributed by atoms with Gasteiger partial charge in [-0.05, 0) is 30.3 Å². The number of nitrogens with zero attached hydrogens (tertiary/aromatic N) is 5. The molecule has 2 aromatic heterocycles. The van der Waals surface area contributed by atoms with E-state index in [9.17, 15) is 4.79 Å². The van der Waals surface area contributed by atoms with Gasteiger partial charge in [-0.1, -0.05) is 0 Å². The van der Waals surface area contributed by atoms with Crippen molar-refractivity contribution in [3.63, 3.8) is 0 Å². The van der Waals surface area contributed by atoms with E-state index in [0.29, 0.717) is 5.95 Å². The zero-order chi connectivity index (χ0) is 17.8. The van der Waals surface area contributed by atoms with Gasteiger partial charge >= 0.3 is 0 Å². The summed E-state index contributed by atoms with van der Waals surface area (Å²) in [5, 5.41) is 10.3. The Morgan fingerprint density at radius 3 is 2.48 bits per heavy atom. The van der Waals surface area contributed by atoms with Crippen molar-refractivity contribution in [3.05, 3.63) is 48.9 Å². The Morgan fingerprint density at radius 1 is 1.08 bits per heavy atom. The Bertz CT molecular complexity index is 871. The number of benzene rings is 1. The molecule has 0 radical (unpaired) electrons. The van der Waals surface area contributed by atoms with E-state index in [4.69, 9.17) is 0 Å². The first kappa shape index (κ1) is 16.4. The second-order valence-corrected chi connectivity index (χ2v) is 5.66. The normalized spacial score (nSPS) is 10.4. The van der Waals surface area contributed by atoms with Gasteiger partial charge in [-0.3, -0.25) is 4.79 Å². The lowest BCUT2D eigenvalue weighted by Crippen LogP contribution is -2.11. The zero-order valence-corrected chi connectivity index (χ0v) is 14.3. The molecule has 3 aromatic rings. The minimum Gasteiger partial charge on any atom is -0.363 e. The highest BCUT2D eigenvalue weighted by atomic mass is 16.1. The topological polar surface area (TPSA) is 88.0 Å². The summed E-state index contributed by atoms with van der Waals surface area (Å²) >= 11 is 0. The van der Waals surface area contributed by atoms with Crippen molar-refractivity contribution in [2.75, 3.05) is 29.6 Å². The first-order valence-corrected chi connectivity index (χ1v) is 7.71. The molecule has 1 amide bonds. The molecular formula is C17H19N7O. The Kier molecular flexibility index (Phi) is 4.60. The van der Waals surface area contributed by atoms with E-state index in [1.54, 1.807) is 17.2 Å². The molecule has 0 atom stereocenters. The van der Waals surface area contributed by atoms with Crippen LogP contribution in [0.25, 0.3) is 5.69 Å². The highest BCUT2D eigenvalue weighted by molar-refractivity contribution is 5.88. The molecule has 0 aliphatic rings. The van der Waals surface area contributed by atoms with Crippen LogP contribution in [0.5, 0.6) is 0 Å². The van der Waals surface area contributed by atoms with Crippen LogP contribution < -0.4 is 15.5 Å². The van der Waals surface area contributed by atoms with Gasteiger partial charge in [0, 0.05) is 44.7 Å². The highest BCUT2D eigenvalue weighted by Gasteiger charge is 2.06. The summed E-state index contributed by atoms with van der Waals surface area (Å²) in [6, 6.07) is 11.1. The fourth-order valence-corrected chi connectivity index (χ4v) is 2.21. The molecule has 0 saturated heterocycles. The van der Waals surface area contributed by atoms with Crippen LogP contribution in [0.1, 0.15) is 6.92 Å². The molecule has 0 aliphatic carbocycles. The van der Waals surface area contributed by atoms with E-state index >= 15 is 0 Å². The largest absolute Gasteiger partial charge is 0.363 e. The Labute approximate surface area is 145 Å². The SMILES string of the molecule is CC(=O)Nc1ccc(Nc2ncn(-c3ccnc(N(C)C)c3)n2)cc1. The maximum atomic E-state index is 11.0. The van der Waals surface area contributed by atoms with Crippen LogP contribution in [0.3, 0.4) is 0 Å². The van der Waals surface area contributed by atoms with Crippen LogP contribution in [-0.4, -0.2) is 39.8 Å². The van der Waals surface area contributed by atoms with E-state index in [2.05, 4.69) is 25.7 Å². The molecule has 0 unspecified atom stereocenters. The predicted molar refractivity (Wildman–Crippen MR) is 97.5 cm³/mol. The number of carbonyl (C=O) groups is 1. The fourth-order valence-electron chi connectivity index (χ4n) is 2.21. The molecule has 0 bridgehead atoms. The third kappa shape index (κ3) is 4.11. The van der Waals surface area contributed by atoms with Gasteiger partial charge in [0.2, 0.25) is 11.9 Å². The summed E-state index contributed by atoms with van der Waals surface area (Å²) in [5.41, 5.74) is 2.44. The third-order valence-electron chi connectivity index (χ3n) is 3.41. The van der Waals surface area contributed by atoms with E-state index in [1.807, 2.05) is 55.4 Å². The van der Waals surface area contributed by atoms with Crippen LogP contribution in [0.2, 0.25) is 0 Å². The van der Waals surface area contributed by atoms with Crippen molar-refractivity contribution in [1.29, 1.82) is 0 Å². The number of aromatic nitrogens is 4. The van der Waals surface area contributed by atoms with E-state index < -0.39 is 0 Å². The number of pyridine rings is 1. The molecule has 128 valence electrons. The second kappa shape index (κ2) is 7.00. The number of anilines is 4. The first-order chi connectivity index (χ1) is 12.0. The molecule has 0 aliphatic heterocycles. The van der Waals surface area contributed by atoms with Gasteiger partial charge in [0.15, 0.2) is 0 Å². The number of hydrogen-bond donors (Lipinski definition) is 2. The Morgan fingerprint density at radius 2 is 1.80 bits per heavy atom. The van der Waals surface area contributed by atoms with Gasteiger partial charge in [0.1, 0.15) is 12.1 Å². The average Bonchev–Trinajstić information content (AvgIpc) is 3.05. The molecule has 8 nitrogen and oxygen atoms in total. The number of carbonyl (C=O) groups excluding carboxylic acids is 1. The van der Waals surface area contributed by atoms with Gasteiger partial charge < -0.3 is 15.5 Å². The standard InChI is InChI=1S/C17H19N7O/c1-12(25)20-13-4-6-14(7-5-13)21-17-19-11-24(22-17)15-8-9-18-16(10-15)23(2)3/h4-11H,1-3H3,(H,20,25)(H,21,22). The summed E-state index contributed by atoms with van der Waals surface area (Å²) in [6.45, 7) is 1.48. The van der Waals surface area contributed by atoms with E-state index in [-0.39, 0.29) is 5.91 Å². The minimum atomic E-state index is -0.101. The number of amides is 1. The zero-order valence-electron chi connectivity index (χ0n) is 14.3. The molecule has 2 heterocycles. The Hall–Kier alpha value is -3.42. The minimum absolute atomic E-state index is 0.101. The van der Waals surface area contributed by atoms with Crippen LogP contribution in [0, 0.1) is 0 Å². The third-order valence-corrected chi connectivity index (χ3v) is 3.41. The molecule has 0 fully saturated rings. The van der Waals surface area contributed by atoms with Crippen molar-refractivity contribution < 1.29 is 4.79 Å². The molecule has 0 saturated carbocycles. The molecule has 2 N–H and O–H groups in total. The highest BCUT2D eigenvalue weighted by Crippen LogP contribution is 2.18. The molecule has 25 heavy (non-hydrogen) atoms. The molecular weight excluding hydrogens is 318 g/mol. The number of rotatable bonds is 5. The van der Waals surface area contributed by atoms with Crippen molar-refractivity contribution >= 4 is 29.0 Å². The van der Waals surface area contributed by atoms with Crippen molar-refractivity contribution in [2.24, 2.45) is 0 Å². The lowest BCUT2D eigenvalue weighted by atomic mass is 10.3. The lowest BCUT2D eigenvalue weighted by Gasteiger charge is -2.11. The summed E-state index contributed by atoms with van der Waals surface area (Å²) in [6.07, 6.45) is 3.38. The summed E-state index contributed by atoms with van der Waals surface area (Å²) in [4.78, 5) is 21.5. The van der Waals surface area contributed by atoms with Crippen LogP contribution >= 0.6 is 0 Å². The van der Waals surface area contributed by atoms with Crippen molar-refractivity contribution in [2.45, 2.75) is 6.92 Å². The maximum absolute atomic E-state index is 11.0. The van der Waals surface area contributed by atoms with Crippen LogP contribution in [0.15, 0.2) is 48.9 Å². The summed E-state index contributed by atoms with van der Waals surface area (Å²) in [5.74, 6) is 1.22. The predicted octanol–water partition coefficient (Wildman–Crippen LogP) is 2.43. The van der Waals surface area contributed by atoms with Gasteiger partial charge in [0.05, 0.1) is 5.69 Å². The van der Waals surface area contributed by atoms with Crippen molar-refractivity contribution in [1.82, 2.24) is 19.7 Å². The van der Waals surface area contributed by atoms with Crippen LogP contribution in [-0.2, 0) is 4.79 Å². The quantitative estimate of drug-likeness (QED) is 0.743. The van der Waals surface area contributed by atoms with Crippen LogP contribution in [0.4, 0.5) is 23.1 Å². The monoisotopic (exact) mass is 337 g/mol. The molecule has 3 rings (SSSR count). The lowest BCUT2D eigenvalue weighted by molar-refractivity contribution is -0.114. The number of hydrogen-bond acceptors (Lipinski definition) is 6.